The molecule has 1 aliphatic rings. The normalized spacial score (nSPS) is 19.5. The first-order chi connectivity index (χ1) is 14.4. The minimum Gasteiger partial charge on any atom is -0.481 e. The molecule has 1 aromatic heterocycles. The second kappa shape index (κ2) is 9.78. The largest absolute Gasteiger partial charge is 0.481 e. The first-order valence-corrected chi connectivity index (χ1v) is 10.9. The maximum absolute atomic E-state index is 12.9. The number of hydrogen-bond donors (Lipinski definition) is 3. The molecule has 1 aromatic carbocycles. The lowest BCUT2D eigenvalue weighted by atomic mass is 10.0. The van der Waals surface area contributed by atoms with Gasteiger partial charge < -0.3 is 20.3 Å². The summed E-state index contributed by atoms with van der Waals surface area (Å²) in [7, 11) is 0. The molecule has 30 heavy (non-hydrogen) atoms. The molecule has 1 saturated carbocycles. The van der Waals surface area contributed by atoms with Crippen molar-refractivity contribution in [1.82, 2.24) is 15.2 Å². The Hall–Kier alpha value is -2.83. The third kappa shape index (κ3) is 4.83. The van der Waals surface area contributed by atoms with Crippen LogP contribution >= 0.6 is 0 Å². The number of amides is 2. The molecule has 1 aliphatic carbocycles. The lowest BCUT2D eigenvalue weighted by Gasteiger charge is -2.23. The molecule has 0 spiro atoms. The molecule has 0 aliphatic heterocycles. The average molecular weight is 414 g/mol. The van der Waals surface area contributed by atoms with Crippen LogP contribution in [0.2, 0.25) is 0 Å². The van der Waals surface area contributed by atoms with Crippen molar-refractivity contribution < 1.29 is 19.5 Å². The molecular weight excluding hydrogens is 382 g/mol. The summed E-state index contributed by atoms with van der Waals surface area (Å²) in [5.74, 6) is -2.02. The highest BCUT2D eigenvalue weighted by Crippen LogP contribution is 2.26. The average Bonchev–Trinajstić information content (AvgIpc) is 3.36. The van der Waals surface area contributed by atoms with Crippen molar-refractivity contribution >= 4 is 28.7 Å². The van der Waals surface area contributed by atoms with E-state index in [1.165, 1.54) is 0 Å². The number of carbonyl (C=O) groups excluding carboxylic acids is 2. The predicted octanol–water partition coefficient (Wildman–Crippen LogP) is 3.32. The molecule has 162 valence electrons. The van der Waals surface area contributed by atoms with E-state index < -0.39 is 17.9 Å². The number of carbonyl (C=O) groups is 3. The number of fused-ring (bicyclic) bond motifs is 1. The summed E-state index contributed by atoms with van der Waals surface area (Å²) in [4.78, 5) is 37.2. The second-order valence-corrected chi connectivity index (χ2v) is 8.03. The first kappa shape index (κ1) is 21.9. The van der Waals surface area contributed by atoms with E-state index >= 15 is 0 Å². The number of unbranched alkanes of at least 4 members (excludes halogenated alkanes) is 1. The van der Waals surface area contributed by atoms with E-state index in [1.807, 2.05) is 38.2 Å². The van der Waals surface area contributed by atoms with Gasteiger partial charge in [-0.25, -0.2) is 0 Å². The van der Waals surface area contributed by atoms with Crippen LogP contribution in [0.1, 0.15) is 62.7 Å². The molecule has 1 fully saturated rings. The smallest absolute Gasteiger partial charge is 0.308 e. The lowest BCUT2D eigenvalue weighted by molar-refractivity contribution is -0.142. The summed E-state index contributed by atoms with van der Waals surface area (Å²) in [6.45, 7) is 4.88. The molecule has 2 amide bonds. The van der Waals surface area contributed by atoms with E-state index in [1.54, 1.807) is 6.07 Å². The van der Waals surface area contributed by atoms with Gasteiger partial charge in [0, 0.05) is 29.9 Å². The fourth-order valence-electron chi connectivity index (χ4n) is 4.23. The second-order valence-electron chi connectivity index (χ2n) is 8.03. The number of nitrogens with zero attached hydrogens (tertiary/aromatic N) is 1. The summed E-state index contributed by atoms with van der Waals surface area (Å²) < 4.78 is 2.07. The monoisotopic (exact) mass is 413 g/mol. The molecule has 3 N–H and O–H groups in total. The third-order valence-electron chi connectivity index (χ3n) is 6.01. The minimum atomic E-state index is -0.876. The van der Waals surface area contributed by atoms with Gasteiger partial charge in [-0.3, -0.25) is 14.4 Å². The van der Waals surface area contributed by atoms with E-state index in [0.717, 1.165) is 36.7 Å². The van der Waals surface area contributed by atoms with Crippen LogP contribution in [0, 0.1) is 5.92 Å². The Kier molecular flexibility index (Phi) is 7.13. The van der Waals surface area contributed by atoms with Crippen LogP contribution in [0.25, 0.3) is 10.9 Å². The molecule has 3 atom stereocenters. The maximum Gasteiger partial charge on any atom is 0.308 e. The van der Waals surface area contributed by atoms with Crippen molar-refractivity contribution in [3.63, 3.8) is 0 Å². The molecule has 0 saturated heterocycles. The zero-order valence-electron chi connectivity index (χ0n) is 17.7. The topological polar surface area (TPSA) is 100 Å². The zero-order valence-corrected chi connectivity index (χ0v) is 17.7. The number of carboxylic acids is 1. The van der Waals surface area contributed by atoms with Crippen molar-refractivity contribution in [3.05, 3.63) is 36.0 Å². The van der Waals surface area contributed by atoms with E-state index in [4.69, 9.17) is 0 Å². The standard InChI is InChI=1S/C23H31N3O4/c1-3-5-8-19(22(28)24-18-9-6-7-17(18)23(29)30)25-21(27)16-11-10-15-12-13-26(4-2)20(15)14-16/h10-14,17-19H,3-9H2,1-2H3,(H,24,28)(H,25,27)(H,29,30)/t17-,18+,19+/m1/s1. The molecule has 1 heterocycles. The van der Waals surface area contributed by atoms with Crippen LogP contribution in [-0.2, 0) is 16.1 Å². The highest BCUT2D eigenvalue weighted by Gasteiger charge is 2.35. The van der Waals surface area contributed by atoms with Crippen molar-refractivity contribution in [1.29, 1.82) is 0 Å². The third-order valence-corrected chi connectivity index (χ3v) is 6.01. The van der Waals surface area contributed by atoms with Crippen LogP contribution in [0.5, 0.6) is 0 Å². The van der Waals surface area contributed by atoms with Gasteiger partial charge in [0.05, 0.1) is 5.92 Å². The van der Waals surface area contributed by atoms with E-state index in [9.17, 15) is 19.5 Å². The van der Waals surface area contributed by atoms with Crippen molar-refractivity contribution in [3.8, 4) is 0 Å². The van der Waals surface area contributed by atoms with Crippen molar-refractivity contribution in [2.24, 2.45) is 5.92 Å². The summed E-state index contributed by atoms with van der Waals surface area (Å²) in [6.07, 6.45) is 6.21. The van der Waals surface area contributed by atoms with Gasteiger partial charge in [-0.05, 0) is 49.8 Å². The number of carboxylic acid groups (broad SMARTS) is 1. The van der Waals surface area contributed by atoms with Crippen molar-refractivity contribution in [2.75, 3.05) is 0 Å². The minimum absolute atomic E-state index is 0.293. The van der Waals surface area contributed by atoms with Gasteiger partial charge in [0.25, 0.3) is 5.91 Å². The number of nitrogens with one attached hydrogen (secondary N) is 2. The van der Waals surface area contributed by atoms with Crippen molar-refractivity contribution in [2.45, 2.75) is 71.0 Å². The van der Waals surface area contributed by atoms with Crippen LogP contribution in [-0.4, -0.2) is 39.5 Å². The predicted molar refractivity (Wildman–Crippen MR) is 115 cm³/mol. The molecule has 7 nitrogen and oxygen atoms in total. The molecule has 2 aromatic rings. The van der Waals surface area contributed by atoms with Gasteiger partial charge in [-0.1, -0.05) is 32.3 Å². The molecule has 3 rings (SSSR count). The van der Waals surface area contributed by atoms with Gasteiger partial charge in [0.2, 0.25) is 5.91 Å². The fourth-order valence-corrected chi connectivity index (χ4v) is 4.23. The number of aryl methyl sites for hydroxylation is 1. The molecular formula is C23H31N3O4. The van der Waals surface area contributed by atoms with Crippen LogP contribution < -0.4 is 10.6 Å². The number of hydrogen-bond acceptors (Lipinski definition) is 3. The quantitative estimate of drug-likeness (QED) is 0.587. The summed E-state index contributed by atoms with van der Waals surface area (Å²) >= 11 is 0. The van der Waals surface area contributed by atoms with E-state index in [-0.39, 0.29) is 17.9 Å². The van der Waals surface area contributed by atoms with Gasteiger partial charge in [0.15, 0.2) is 0 Å². The Balaban J connectivity index is 1.72. The number of aromatic nitrogens is 1. The number of benzene rings is 1. The summed E-state index contributed by atoms with van der Waals surface area (Å²) in [5, 5.41) is 16.2. The number of aliphatic carboxylic acids is 1. The van der Waals surface area contributed by atoms with E-state index in [0.29, 0.717) is 24.8 Å². The highest BCUT2D eigenvalue weighted by molar-refractivity contribution is 6.00. The Morgan fingerprint density at radius 3 is 2.70 bits per heavy atom. The summed E-state index contributed by atoms with van der Waals surface area (Å²) in [6, 6.07) is 6.48. The van der Waals surface area contributed by atoms with Gasteiger partial charge in [-0.15, -0.1) is 0 Å². The fraction of sp³-hybridized carbons (Fsp3) is 0.522. The molecule has 7 heteroatoms. The van der Waals surface area contributed by atoms with Gasteiger partial charge >= 0.3 is 5.97 Å². The first-order valence-electron chi connectivity index (χ1n) is 10.9. The van der Waals surface area contributed by atoms with Crippen LogP contribution in [0.4, 0.5) is 0 Å². The molecule has 0 unspecified atom stereocenters. The Morgan fingerprint density at radius 2 is 2.00 bits per heavy atom. The van der Waals surface area contributed by atoms with Crippen LogP contribution in [0.3, 0.4) is 0 Å². The lowest BCUT2D eigenvalue weighted by Crippen LogP contribution is -2.51. The Bertz CT molecular complexity index is 920. The zero-order chi connectivity index (χ0) is 21.7. The van der Waals surface area contributed by atoms with E-state index in [2.05, 4.69) is 15.2 Å². The van der Waals surface area contributed by atoms with Crippen LogP contribution in [0.15, 0.2) is 30.5 Å². The van der Waals surface area contributed by atoms with Gasteiger partial charge in [-0.2, -0.15) is 0 Å². The Labute approximate surface area is 176 Å². The molecule has 0 bridgehead atoms. The summed E-state index contributed by atoms with van der Waals surface area (Å²) in [5.41, 5.74) is 1.49. The molecule has 0 radical (unpaired) electrons. The SMILES string of the molecule is CCCC[C@H](NC(=O)c1ccc2ccn(CC)c2c1)C(=O)N[C@H]1CCC[C@H]1C(=O)O. The number of rotatable bonds is 9. The maximum atomic E-state index is 12.9. The van der Waals surface area contributed by atoms with Gasteiger partial charge in [0.1, 0.15) is 6.04 Å². The highest BCUT2D eigenvalue weighted by atomic mass is 16.4. The Morgan fingerprint density at radius 1 is 1.20 bits per heavy atom.